The molecule has 2 aromatic rings. The topological polar surface area (TPSA) is 78.3 Å². The highest BCUT2D eigenvalue weighted by Crippen LogP contribution is 2.27. The lowest BCUT2D eigenvalue weighted by molar-refractivity contribution is -0.132. The molecule has 0 radical (unpaired) electrons. The number of Topliss-reactive ketones (excluding diaryl/α,β-unsaturated/α-hetero) is 2. The van der Waals surface area contributed by atoms with Gasteiger partial charge in [0.1, 0.15) is 28.6 Å². The van der Waals surface area contributed by atoms with E-state index >= 15 is 0 Å². The van der Waals surface area contributed by atoms with Gasteiger partial charge in [-0.15, -0.1) is 0 Å². The van der Waals surface area contributed by atoms with Gasteiger partial charge in [0.15, 0.2) is 5.78 Å². The molecule has 1 aliphatic rings. The number of halogens is 1. The Hall–Kier alpha value is -2.57. The third kappa shape index (κ3) is 2.81. The zero-order chi connectivity index (χ0) is 16.7. The Bertz CT molecular complexity index is 888. The molecule has 1 unspecified atom stereocenters. The van der Waals surface area contributed by atoms with E-state index in [4.69, 9.17) is 4.74 Å². The minimum Gasteiger partial charge on any atom is -0.496 e. The van der Waals surface area contributed by atoms with Crippen molar-refractivity contribution in [1.29, 1.82) is 0 Å². The highest BCUT2D eigenvalue weighted by atomic mass is 19.1. The summed E-state index contributed by atoms with van der Waals surface area (Å²) < 4.78 is 20.0. The molecule has 7 heteroatoms. The molecule has 1 aromatic carbocycles. The Labute approximate surface area is 138 Å². The molecule has 1 saturated carbocycles. The number of carbonyl (C=O) groups excluding carboxylic acids is 2. The SMILES string of the molecule is C.COc1cc(F)cc2nc(C)n(C3CCC(=O)CC3=O)c(=O)c12. The van der Waals surface area contributed by atoms with Gasteiger partial charge in [0.05, 0.1) is 25.1 Å². The number of ketones is 2. The van der Waals surface area contributed by atoms with Crippen LogP contribution in [0.2, 0.25) is 0 Å². The third-order valence-electron chi connectivity index (χ3n) is 4.08. The van der Waals surface area contributed by atoms with Crippen LogP contribution in [-0.2, 0) is 9.59 Å². The predicted molar refractivity (Wildman–Crippen MR) is 86.9 cm³/mol. The molecule has 128 valence electrons. The van der Waals surface area contributed by atoms with Gasteiger partial charge in [0.25, 0.3) is 5.56 Å². The maximum atomic E-state index is 13.6. The van der Waals surface area contributed by atoms with Gasteiger partial charge in [-0.3, -0.25) is 19.0 Å². The molecule has 1 atom stereocenters. The molecule has 0 bridgehead atoms. The number of ether oxygens (including phenoxy) is 1. The second kappa shape index (κ2) is 6.51. The van der Waals surface area contributed by atoms with Crippen LogP contribution < -0.4 is 10.3 Å². The van der Waals surface area contributed by atoms with E-state index in [1.165, 1.54) is 11.7 Å². The van der Waals surface area contributed by atoms with Crippen LogP contribution in [0.5, 0.6) is 5.75 Å². The summed E-state index contributed by atoms with van der Waals surface area (Å²) in [5.74, 6) is -0.592. The van der Waals surface area contributed by atoms with Crippen molar-refractivity contribution in [3.05, 3.63) is 34.1 Å². The van der Waals surface area contributed by atoms with Crippen molar-refractivity contribution in [3.8, 4) is 5.75 Å². The summed E-state index contributed by atoms with van der Waals surface area (Å²) >= 11 is 0. The first-order chi connectivity index (χ1) is 10.9. The third-order valence-corrected chi connectivity index (χ3v) is 4.08. The molecule has 1 aromatic heterocycles. The second-order valence-corrected chi connectivity index (χ2v) is 5.57. The first kappa shape index (κ1) is 17.8. The van der Waals surface area contributed by atoms with Crippen LogP contribution in [0.4, 0.5) is 4.39 Å². The molecule has 0 aliphatic heterocycles. The number of hydrogen-bond acceptors (Lipinski definition) is 5. The van der Waals surface area contributed by atoms with Crippen molar-refractivity contribution in [3.63, 3.8) is 0 Å². The average Bonchev–Trinajstić information content (AvgIpc) is 2.47. The zero-order valence-electron chi connectivity index (χ0n) is 12.8. The second-order valence-electron chi connectivity index (χ2n) is 5.57. The number of nitrogens with zero attached hydrogens (tertiary/aromatic N) is 2. The predicted octanol–water partition coefficient (Wildman–Crippen LogP) is 2.35. The lowest BCUT2D eigenvalue weighted by Gasteiger charge is -2.24. The standard InChI is InChI=1S/C16H15FN2O4.CH4/c1-8-18-11-5-9(17)6-14(23-2)15(11)16(22)19(8)12-4-3-10(20)7-13(12)21;/h5-6,12H,3-4,7H2,1-2H3;1H4. The number of benzene rings is 1. The van der Waals surface area contributed by atoms with Crippen LogP contribution in [0.1, 0.15) is 38.6 Å². The number of hydrogen-bond donors (Lipinski definition) is 0. The van der Waals surface area contributed by atoms with Gasteiger partial charge in [0, 0.05) is 18.6 Å². The van der Waals surface area contributed by atoms with Crippen molar-refractivity contribution in [1.82, 2.24) is 9.55 Å². The summed E-state index contributed by atoms with van der Waals surface area (Å²) in [6.45, 7) is 1.59. The number of fused-ring (bicyclic) bond motifs is 1. The Morgan fingerprint density at radius 1 is 1.29 bits per heavy atom. The van der Waals surface area contributed by atoms with Crippen LogP contribution in [0, 0.1) is 12.7 Å². The minimum atomic E-state index is -0.716. The van der Waals surface area contributed by atoms with E-state index in [-0.39, 0.29) is 54.9 Å². The zero-order valence-corrected chi connectivity index (χ0v) is 12.8. The molecule has 0 saturated heterocycles. The van der Waals surface area contributed by atoms with Crippen molar-refractivity contribution in [2.45, 2.75) is 39.7 Å². The van der Waals surface area contributed by atoms with Crippen LogP contribution in [-0.4, -0.2) is 28.2 Å². The maximum absolute atomic E-state index is 13.6. The molecule has 1 fully saturated rings. The maximum Gasteiger partial charge on any atom is 0.265 e. The summed E-state index contributed by atoms with van der Waals surface area (Å²) in [5, 5.41) is 0.129. The summed E-state index contributed by atoms with van der Waals surface area (Å²) in [6, 6.07) is 1.55. The molecule has 1 aliphatic carbocycles. The highest BCUT2D eigenvalue weighted by molar-refractivity contribution is 6.03. The van der Waals surface area contributed by atoms with Gasteiger partial charge in [-0.25, -0.2) is 9.37 Å². The summed E-state index contributed by atoms with van der Waals surface area (Å²) in [6.07, 6.45) is 0.352. The van der Waals surface area contributed by atoms with E-state index in [9.17, 15) is 18.8 Å². The van der Waals surface area contributed by atoms with E-state index in [1.807, 2.05) is 0 Å². The van der Waals surface area contributed by atoms with Gasteiger partial charge in [0.2, 0.25) is 0 Å². The number of aryl methyl sites for hydroxylation is 1. The Morgan fingerprint density at radius 3 is 2.62 bits per heavy atom. The summed E-state index contributed by atoms with van der Waals surface area (Å²) in [5.41, 5.74) is -0.281. The van der Waals surface area contributed by atoms with E-state index < -0.39 is 17.4 Å². The van der Waals surface area contributed by atoms with Gasteiger partial charge >= 0.3 is 0 Å². The fourth-order valence-corrected chi connectivity index (χ4v) is 3.03. The smallest absolute Gasteiger partial charge is 0.265 e. The van der Waals surface area contributed by atoms with Gasteiger partial charge in [-0.2, -0.15) is 0 Å². The Morgan fingerprint density at radius 2 is 2.00 bits per heavy atom. The quantitative estimate of drug-likeness (QED) is 0.788. The molecule has 6 nitrogen and oxygen atoms in total. The first-order valence-electron chi connectivity index (χ1n) is 7.23. The first-order valence-corrected chi connectivity index (χ1v) is 7.23. The molecular weight excluding hydrogens is 315 g/mol. The van der Waals surface area contributed by atoms with Crippen LogP contribution >= 0.6 is 0 Å². The number of carbonyl (C=O) groups is 2. The van der Waals surface area contributed by atoms with Gasteiger partial charge in [-0.05, 0) is 13.3 Å². The normalized spacial score (nSPS) is 17.7. The number of methoxy groups -OCH3 is 1. The fourth-order valence-electron chi connectivity index (χ4n) is 3.03. The molecule has 3 rings (SSSR count). The van der Waals surface area contributed by atoms with Crippen LogP contribution in [0.15, 0.2) is 16.9 Å². The van der Waals surface area contributed by atoms with Crippen molar-refractivity contribution in [2.24, 2.45) is 0 Å². The monoisotopic (exact) mass is 334 g/mol. The number of rotatable bonds is 2. The minimum absolute atomic E-state index is 0. The van der Waals surface area contributed by atoms with E-state index in [2.05, 4.69) is 4.98 Å². The molecule has 24 heavy (non-hydrogen) atoms. The molecule has 0 N–H and O–H groups in total. The highest BCUT2D eigenvalue weighted by Gasteiger charge is 2.31. The van der Waals surface area contributed by atoms with Crippen LogP contribution in [0.25, 0.3) is 10.9 Å². The lowest BCUT2D eigenvalue weighted by Crippen LogP contribution is -2.36. The van der Waals surface area contributed by atoms with E-state index in [1.54, 1.807) is 6.92 Å². The molecule has 0 amide bonds. The average molecular weight is 334 g/mol. The number of aromatic nitrogens is 2. The Balaban J connectivity index is 0.00000208. The summed E-state index contributed by atoms with van der Waals surface area (Å²) in [4.78, 5) is 40.6. The van der Waals surface area contributed by atoms with E-state index in [0.717, 1.165) is 12.1 Å². The molecular formula is C17H19FN2O4. The van der Waals surface area contributed by atoms with Crippen molar-refractivity contribution in [2.75, 3.05) is 7.11 Å². The lowest BCUT2D eigenvalue weighted by atomic mass is 9.92. The van der Waals surface area contributed by atoms with Crippen LogP contribution in [0.3, 0.4) is 0 Å². The fraction of sp³-hybridized carbons (Fsp3) is 0.412. The van der Waals surface area contributed by atoms with Gasteiger partial charge < -0.3 is 4.74 Å². The van der Waals surface area contributed by atoms with Gasteiger partial charge in [-0.1, -0.05) is 7.43 Å². The molecule has 0 spiro atoms. The summed E-state index contributed by atoms with van der Waals surface area (Å²) in [7, 11) is 1.34. The van der Waals surface area contributed by atoms with Crippen molar-refractivity contribution >= 4 is 22.5 Å². The Kier molecular flexibility index (Phi) is 4.82. The van der Waals surface area contributed by atoms with Crippen molar-refractivity contribution < 1.29 is 18.7 Å². The largest absolute Gasteiger partial charge is 0.496 e. The van der Waals surface area contributed by atoms with E-state index in [0.29, 0.717) is 5.82 Å². The molecule has 1 heterocycles.